The van der Waals surface area contributed by atoms with Gasteiger partial charge in [-0.25, -0.2) is 9.97 Å². The number of anilines is 1. The normalized spacial score (nSPS) is 11.8. The Labute approximate surface area is 136 Å². The minimum atomic E-state index is 0.498. The zero-order valence-corrected chi connectivity index (χ0v) is 13.9. The highest BCUT2D eigenvalue weighted by Crippen LogP contribution is 2.16. The summed E-state index contributed by atoms with van der Waals surface area (Å²) < 4.78 is 1.73. The molecule has 0 bridgehead atoms. The number of aliphatic imine (C=N–C) groups is 1. The minimum Gasteiger partial charge on any atom is -0.370 e. The average Bonchev–Trinajstić information content (AvgIpc) is 2.94. The van der Waals surface area contributed by atoms with Crippen molar-refractivity contribution in [2.45, 2.75) is 32.6 Å². The fourth-order valence-electron chi connectivity index (χ4n) is 2.27. The molecule has 2 aromatic rings. The Morgan fingerprint density at radius 1 is 1.26 bits per heavy atom. The standard InChI is InChI=1S/C15H26N8/c1-3-4-5-6-7-18-15(16)19-9-8-17-13-12-10-22-23(2)14(12)21-11-20-13/h10-11H,3-9H2,1-2H3,(H3,16,18,19)(H,17,20,21). The number of aromatic nitrogens is 4. The zero-order valence-electron chi connectivity index (χ0n) is 13.9. The number of nitrogens with one attached hydrogen (secondary N) is 2. The SMILES string of the molecule is CCCCCCN=C(N)NCCNc1ncnc2c1cnn2C. The van der Waals surface area contributed by atoms with E-state index < -0.39 is 0 Å². The van der Waals surface area contributed by atoms with Gasteiger partial charge < -0.3 is 16.4 Å². The maximum atomic E-state index is 5.83. The molecule has 0 aliphatic rings. The number of aryl methyl sites for hydroxylation is 1. The van der Waals surface area contributed by atoms with E-state index in [1.54, 1.807) is 10.9 Å². The molecule has 0 aliphatic carbocycles. The second-order valence-electron chi connectivity index (χ2n) is 5.41. The number of fused-ring (bicyclic) bond motifs is 1. The summed E-state index contributed by atoms with van der Waals surface area (Å²) in [7, 11) is 1.86. The zero-order chi connectivity index (χ0) is 16.5. The van der Waals surface area contributed by atoms with Gasteiger partial charge >= 0.3 is 0 Å². The second-order valence-corrected chi connectivity index (χ2v) is 5.41. The van der Waals surface area contributed by atoms with Crippen molar-refractivity contribution in [3.05, 3.63) is 12.5 Å². The van der Waals surface area contributed by atoms with Crippen LogP contribution in [0.3, 0.4) is 0 Å². The van der Waals surface area contributed by atoms with Gasteiger partial charge in [0.1, 0.15) is 12.1 Å². The van der Waals surface area contributed by atoms with E-state index in [-0.39, 0.29) is 0 Å². The first kappa shape index (κ1) is 17.0. The number of nitrogens with two attached hydrogens (primary N) is 1. The predicted molar refractivity (Wildman–Crippen MR) is 93.4 cm³/mol. The molecule has 2 rings (SSSR count). The number of nitrogens with zero attached hydrogens (tertiary/aromatic N) is 5. The molecule has 0 saturated carbocycles. The summed E-state index contributed by atoms with van der Waals surface area (Å²) in [4.78, 5) is 12.8. The Morgan fingerprint density at radius 3 is 2.96 bits per heavy atom. The van der Waals surface area contributed by atoms with Crippen molar-refractivity contribution in [3.8, 4) is 0 Å². The summed E-state index contributed by atoms with van der Waals surface area (Å²) in [5.74, 6) is 1.28. The molecule has 0 fully saturated rings. The van der Waals surface area contributed by atoms with E-state index in [9.17, 15) is 0 Å². The minimum absolute atomic E-state index is 0.498. The molecule has 0 atom stereocenters. The van der Waals surface area contributed by atoms with Gasteiger partial charge in [0, 0.05) is 26.7 Å². The van der Waals surface area contributed by atoms with Crippen LogP contribution >= 0.6 is 0 Å². The van der Waals surface area contributed by atoms with E-state index in [2.05, 4.69) is 37.6 Å². The van der Waals surface area contributed by atoms with E-state index in [0.717, 1.165) is 29.8 Å². The molecule has 0 aromatic carbocycles. The van der Waals surface area contributed by atoms with Crippen LogP contribution in [0, 0.1) is 0 Å². The highest BCUT2D eigenvalue weighted by atomic mass is 15.3. The van der Waals surface area contributed by atoms with Crippen molar-refractivity contribution >= 4 is 22.8 Å². The average molecular weight is 318 g/mol. The van der Waals surface area contributed by atoms with Crippen LogP contribution in [-0.2, 0) is 7.05 Å². The molecule has 0 spiro atoms. The fourth-order valence-corrected chi connectivity index (χ4v) is 2.27. The summed E-state index contributed by atoms with van der Waals surface area (Å²) >= 11 is 0. The lowest BCUT2D eigenvalue weighted by molar-refractivity contribution is 0.673. The van der Waals surface area contributed by atoms with Crippen molar-refractivity contribution < 1.29 is 0 Å². The molecule has 8 nitrogen and oxygen atoms in total. The quantitative estimate of drug-likeness (QED) is 0.365. The molecule has 0 saturated heterocycles. The van der Waals surface area contributed by atoms with Crippen molar-refractivity contribution in [3.63, 3.8) is 0 Å². The monoisotopic (exact) mass is 318 g/mol. The molecular formula is C15H26N8. The third-order valence-corrected chi connectivity index (χ3v) is 3.55. The smallest absolute Gasteiger partial charge is 0.188 e. The maximum absolute atomic E-state index is 5.83. The van der Waals surface area contributed by atoms with Crippen molar-refractivity contribution in [1.82, 2.24) is 25.1 Å². The first-order valence-electron chi connectivity index (χ1n) is 8.12. The predicted octanol–water partition coefficient (Wildman–Crippen LogP) is 1.26. The highest BCUT2D eigenvalue weighted by Gasteiger charge is 2.06. The second kappa shape index (κ2) is 8.92. The molecule has 0 radical (unpaired) electrons. The molecule has 23 heavy (non-hydrogen) atoms. The van der Waals surface area contributed by atoms with E-state index in [0.29, 0.717) is 19.0 Å². The van der Waals surface area contributed by atoms with Gasteiger partial charge in [0.15, 0.2) is 11.6 Å². The topological polar surface area (TPSA) is 106 Å². The van der Waals surface area contributed by atoms with Crippen LogP contribution in [0.1, 0.15) is 32.6 Å². The number of hydrogen-bond donors (Lipinski definition) is 3. The molecule has 126 valence electrons. The first-order chi connectivity index (χ1) is 11.2. The van der Waals surface area contributed by atoms with Crippen LogP contribution in [0.2, 0.25) is 0 Å². The van der Waals surface area contributed by atoms with E-state index >= 15 is 0 Å². The Bertz CT molecular complexity index is 633. The molecule has 4 N–H and O–H groups in total. The van der Waals surface area contributed by atoms with E-state index in [4.69, 9.17) is 5.73 Å². The summed E-state index contributed by atoms with van der Waals surface area (Å²) in [6, 6.07) is 0. The lowest BCUT2D eigenvalue weighted by atomic mass is 10.2. The van der Waals surface area contributed by atoms with Gasteiger partial charge in [-0.15, -0.1) is 0 Å². The molecular weight excluding hydrogens is 292 g/mol. The lowest BCUT2D eigenvalue weighted by Crippen LogP contribution is -2.35. The summed E-state index contributed by atoms with van der Waals surface area (Å²) in [6.07, 6.45) is 8.09. The Morgan fingerprint density at radius 2 is 2.13 bits per heavy atom. The van der Waals surface area contributed by atoms with Crippen LogP contribution < -0.4 is 16.4 Å². The van der Waals surface area contributed by atoms with Gasteiger partial charge in [-0.1, -0.05) is 26.2 Å². The number of unbranched alkanes of at least 4 members (excludes halogenated alkanes) is 3. The van der Waals surface area contributed by atoms with Crippen molar-refractivity contribution in [1.29, 1.82) is 0 Å². The Kier molecular flexibility index (Phi) is 6.58. The largest absolute Gasteiger partial charge is 0.370 e. The van der Waals surface area contributed by atoms with Crippen molar-refractivity contribution in [2.24, 2.45) is 17.8 Å². The van der Waals surface area contributed by atoms with E-state index in [1.165, 1.54) is 25.6 Å². The summed E-state index contributed by atoms with van der Waals surface area (Å²) in [6.45, 7) is 4.35. The highest BCUT2D eigenvalue weighted by molar-refractivity contribution is 5.86. The molecule has 0 unspecified atom stereocenters. The van der Waals surface area contributed by atoms with Crippen molar-refractivity contribution in [2.75, 3.05) is 25.0 Å². The number of hydrogen-bond acceptors (Lipinski definition) is 5. The molecule has 2 heterocycles. The maximum Gasteiger partial charge on any atom is 0.188 e. The van der Waals surface area contributed by atoms with E-state index in [1.807, 2.05) is 7.05 Å². The van der Waals surface area contributed by atoms with Crippen LogP contribution in [-0.4, -0.2) is 45.3 Å². The lowest BCUT2D eigenvalue weighted by Gasteiger charge is -2.08. The Balaban J connectivity index is 1.71. The summed E-state index contributed by atoms with van der Waals surface area (Å²) in [5, 5.41) is 11.5. The van der Waals surface area contributed by atoms with Gasteiger partial charge in [0.05, 0.1) is 11.6 Å². The van der Waals surface area contributed by atoms with Gasteiger partial charge in [0.25, 0.3) is 0 Å². The number of rotatable bonds is 9. The first-order valence-corrected chi connectivity index (χ1v) is 8.12. The number of guanidine groups is 1. The van der Waals surface area contributed by atoms with Crippen LogP contribution in [0.25, 0.3) is 11.0 Å². The van der Waals surface area contributed by atoms with Gasteiger partial charge in [0.2, 0.25) is 0 Å². The fraction of sp³-hybridized carbons (Fsp3) is 0.600. The Hall–Kier alpha value is -2.38. The molecule has 2 aromatic heterocycles. The molecule has 0 aliphatic heterocycles. The van der Waals surface area contributed by atoms with Gasteiger partial charge in [-0.2, -0.15) is 5.10 Å². The summed E-state index contributed by atoms with van der Waals surface area (Å²) in [5.41, 5.74) is 6.64. The van der Waals surface area contributed by atoms with Gasteiger partial charge in [-0.3, -0.25) is 9.67 Å². The third kappa shape index (κ3) is 5.08. The van der Waals surface area contributed by atoms with Crippen LogP contribution in [0.5, 0.6) is 0 Å². The van der Waals surface area contributed by atoms with Gasteiger partial charge in [-0.05, 0) is 6.42 Å². The van der Waals surface area contributed by atoms with Crippen LogP contribution in [0.15, 0.2) is 17.5 Å². The molecule has 0 amide bonds. The molecule has 8 heteroatoms. The van der Waals surface area contributed by atoms with Crippen LogP contribution in [0.4, 0.5) is 5.82 Å². The third-order valence-electron chi connectivity index (χ3n) is 3.55.